The minimum atomic E-state index is -0.520. The highest BCUT2D eigenvalue weighted by Crippen LogP contribution is 2.28. The van der Waals surface area contributed by atoms with Gasteiger partial charge in [-0.2, -0.15) is 0 Å². The monoisotopic (exact) mass is 462 g/mol. The minimum Gasteiger partial charge on any atom is -0.465 e. The topological polar surface area (TPSA) is 88.1 Å². The van der Waals surface area contributed by atoms with Crippen molar-refractivity contribution in [3.05, 3.63) is 92.6 Å². The third-order valence-electron chi connectivity index (χ3n) is 6.31. The Morgan fingerprint density at radius 1 is 1.12 bits per heavy atom. The Balaban J connectivity index is 1.72. The minimum absolute atomic E-state index is 0.166. The van der Waals surface area contributed by atoms with Crippen molar-refractivity contribution in [3.8, 4) is 5.69 Å². The largest absolute Gasteiger partial charge is 0.465 e. The van der Waals surface area contributed by atoms with Crippen molar-refractivity contribution in [3.63, 3.8) is 0 Å². The summed E-state index contributed by atoms with van der Waals surface area (Å²) in [5, 5.41) is 0. The van der Waals surface area contributed by atoms with E-state index in [1.54, 1.807) is 28.8 Å². The SMILES string of the molecule is COC(=O)c1cccc(Cn2cnc3c2c(=O)n(C2CCCC2)c(=O)n3-c2cccc(F)c2)c1. The predicted octanol–water partition coefficient (Wildman–Crippen LogP) is 3.44. The van der Waals surface area contributed by atoms with Gasteiger partial charge in [0.25, 0.3) is 5.56 Å². The molecule has 9 heteroatoms. The van der Waals surface area contributed by atoms with Gasteiger partial charge in [0, 0.05) is 12.6 Å². The van der Waals surface area contributed by atoms with Crippen LogP contribution >= 0.6 is 0 Å². The molecule has 0 unspecified atom stereocenters. The van der Waals surface area contributed by atoms with E-state index >= 15 is 0 Å². The number of esters is 1. The van der Waals surface area contributed by atoms with Gasteiger partial charge in [-0.3, -0.25) is 9.36 Å². The van der Waals surface area contributed by atoms with Crippen molar-refractivity contribution in [2.75, 3.05) is 7.11 Å². The van der Waals surface area contributed by atoms with Gasteiger partial charge in [0.15, 0.2) is 11.2 Å². The van der Waals surface area contributed by atoms with E-state index in [1.807, 2.05) is 6.07 Å². The molecule has 0 radical (unpaired) electrons. The number of methoxy groups -OCH3 is 1. The molecule has 8 nitrogen and oxygen atoms in total. The van der Waals surface area contributed by atoms with Gasteiger partial charge in [-0.05, 0) is 48.7 Å². The zero-order chi connectivity index (χ0) is 23.8. The van der Waals surface area contributed by atoms with Gasteiger partial charge in [-0.25, -0.2) is 23.5 Å². The van der Waals surface area contributed by atoms with Crippen LogP contribution in [0.25, 0.3) is 16.9 Å². The molecule has 1 saturated carbocycles. The average molecular weight is 462 g/mol. The molecule has 0 spiro atoms. The van der Waals surface area contributed by atoms with E-state index in [1.165, 1.54) is 40.8 Å². The summed E-state index contributed by atoms with van der Waals surface area (Å²) in [5.74, 6) is -0.948. The van der Waals surface area contributed by atoms with Gasteiger partial charge in [0.1, 0.15) is 5.82 Å². The van der Waals surface area contributed by atoms with Crippen LogP contribution in [0.2, 0.25) is 0 Å². The normalized spacial score (nSPS) is 14.1. The number of rotatable bonds is 5. The van der Waals surface area contributed by atoms with E-state index in [2.05, 4.69) is 4.98 Å². The lowest BCUT2D eigenvalue weighted by atomic mass is 10.1. The molecule has 2 aromatic heterocycles. The number of carbonyl (C=O) groups is 1. The Labute approximate surface area is 193 Å². The maximum absolute atomic E-state index is 14.0. The Morgan fingerprint density at radius 2 is 1.88 bits per heavy atom. The number of halogens is 1. The Bertz CT molecular complexity index is 1510. The van der Waals surface area contributed by atoms with E-state index < -0.39 is 23.0 Å². The third-order valence-corrected chi connectivity index (χ3v) is 6.31. The average Bonchev–Trinajstić information content (AvgIpc) is 3.50. The number of ether oxygens (including phenoxy) is 1. The van der Waals surface area contributed by atoms with Crippen LogP contribution in [0.1, 0.15) is 47.6 Å². The fraction of sp³-hybridized carbons (Fsp3) is 0.280. The van der Waals surface area contributed by atoms with E-state index in [0.29, 0.717) is 11.3 Å². The summed E-state index contributed by atoms with van der Waals surface area (Å²) in [7, 11) is 1.32. The molecular formula is C25H23FN4O4. The molecular weight excluding hydrogens is 439 g/mol. The molecule has 0 N–H and O–H groups in total. The molecule has 1 fully saturated rings. The summed E-state index contributed by atoms with van der Waals surface area (Å²) in [4.78, 5) is 43.5. The van der Waals surface area contributed by atoms with Crippen LogP contribution in [0, 0.1) is 5.82 Å². The molecule has 0 bridgehead atoms. The fourth-order valence-corrected chi connectivity index (χ4v) is 4.72. The summed E-state index contributed by atoms with van der Waals surface area (Å²) in [6.07, 6.45) is 4.84. The maximum Gasteiger partial charge on any atom is 0.337 e. The Kier molecular flexibility index (Phi) is 5.61. The van der Waals surface area contributed by atoms with E-state index in [9.17, 15) is 18.8 Å². The summed E-state index contributed by atoms with van der Waals surface area (Å²) >= 11 is 0. The second kappa shape index (κ2) is 8.74. The molecule has 0 atom stereocenters. The third kappa shape index (κ3) is 3.72. The molecule has 1 aliphatic carbocycles. The lowest BCUT2D eigenvalue weighted by molar-refractivity contribution is 0.0600. The molecule has 174 valence electrons. The van der Waals surface area contributed by atoms with Crippen LogP contribution in [0.4, 0.5) is 4.39 Å². The number of imidazole rings is 1. The smallest absolute Gasteiger partial charge is 0.337 e. The van der Waals surface area contributed by atoms with Crippen LogP contribution in [-0.2, 0) is 11.3 Å². The van der Waals surface area contributed by atoms with Crippen LogP contribution in [-0.4, -0.2) is 31.8 Å². The van der Waals surface area contributed by atoms with Gasteiger partial charge >= 0.3 is 11.7 Å². The first-order valence-corrected chi connectivity index (χ1v) is 11.1. The van der Waals surface area contributed by atoms with Crippen molar-refractivity contribution >= 4 is 17.1 Å². The first-order chi connectivity index (χ1) is 16.5. The lowest BCUT2D eigenvalue weighted by Gasteiger charge is -2.17. The van der Waals surface area contributed by atoms with Crippen LogP contribution in [0.3, 0.4) is 0 Å². The van der Waals surface area contributed by atoms with Crippen molar-refractivity contribution < 1.29 is 13.9 Å². The maximum atomic E-state index is 14.0. The van der Waals surface area contributed by atoms with Crippen molar-refractivity contribution in [1.29, 1.82) is 0 Å². The fourth-order valence-electron chi connectivity index (χ4n) is 4.72. The number of fused-ring (bicyclic) bond motifs is 1. The quantitative estimate of drug-likeness (QED) is 0.424. The number of benzene rings is 2. The highest BCUT2D eigenvalue weighted by molar-refractivity contribution is 5.89. The molecule has 34 heavy (non-hydrogen) atoms. The number of nitrogens with zero attached hydrogens (tertiary/aromatic N) is 4. The number of carbonyl (C=O) groups excluding carboxylic acids is 1. The summed E-state index contributed by atoms with van der Waals surface area (Å²) in [6.45, 7) is 0.253. The Hall–Kier alpha value is -4.01. The second-order valence-corrected chi connectivity index (χ2v) is 8.45. The molecule has 0 amide bonds. The zero-order valence-electron chi connectivity index (χ0n) is 18.6. The van der Waals surface area contributed by atoms with Crippen LogP contribution < -0.4 is 11.2 Å². The molecule has 1 aliphatic rings. The number of aromatic nitrogens is 4. The molecule has 0 aliphatic heterocycles. The van der Waals surface area contributed by atoms with E-state index in [0.717, 1.165) is 31.2 Å². The molecule has 2 heterocycles. The lowest BCUT2D eigenvalue weighted by Crippen LogP contribution is -2.41. The van der Waals surface area contributed by atoms with E-state index in [-0.39, 0.29) is 23.8 Å². The zero-order valence-corrected chi connectivity index (χ0v) is 18.6. The van der Waals surface area contributed by atoms with Gasteiger partial charge in [-0.15, -0.1) is 0 Å². The van der Waals surface area contributed by atoms with Crippen molar-refractivity contribution in [2.45, 2.75) is 38.3 Å². The van der Waals surface area contributed by atoms with Gasteiger partial charge in [0.2, 0.25) is 0 Å². The second-order valence-electron chi connectivity index (χ2n) is 8.45. The highest BCUT2D eigenvalue weighted by atomic mass is 19.1. The summed E-state index contributed by atoms with van der Waals surface area (Å²) in [6, 6.07) is 12.4. The molecule has 2 aromatic carbocycles. The van der Waals surface area contributed by atoms with Crippen molar-refractivity contribution in [1.82, 2.24) is 18.7 Å². The first kappa shape index (κ1) is 21.8. The van der Waals surface area contributed by atoms with Gasteiger partial charge in [0.05, 0.1) is 24.7 Å². The van der Waals surface area contributed by atoms with Crippen LogP contribution in [0.15, 0.2) is 64.4 Å². The molecule has 4 aromatic rings. The first-order valence-electron chi connectivity index (χ1n) is 11.1. The van der Waals surface area contributed by atoms with Gasteiger partial charge < -0.3 is 9.30 Å². The highest BCUT2D eigenvalue weighted by Gasteiger charge is 2.26. The summed E-state index contributed by atoms with van der Waals surface area (Å²) < 4.78 is 23.1. The van der Waals surface area contributed by atoms with Crippen LogP contribution in [0.5, 0.6) is 0 Å². The molecule has 5 rings (SSSR count). The Morgan fingerprint density at radius 3 is 2.62 bits per heavy atom. The van der Waals surface area contributed by atoms with E-state index in [4.69, 9.17) is 4.74 Å². The number of hydrogen-bond acceptors (Lipinski definition) is 5. The molecule has 0 saturated heterocycles. The predicted molar refractivity (Wildman–Crippen MR) is 124 cm³/mol. The van der Waals surface area contributed by atoms with Gasteiger partial charge in [-0.1, -0.05) is 31.0 Å². The number of hydrogen-bond donors (Lipinski definition) is 0. The summed E-state index contributed by atoms with van der Waals surface area (Å²) in [5.41, 5.74) is 0.939. The standard InChI is InChI=1S/C25H23FN4O4/c1-34-24(32)17-7-4-6-16(12-17)14-28-15-27-22-21(28)23(31)30(19-9-2-3-10-19)25(33)29(22)20-11-5-8-18(26)13-20/h4-8,11-13,15,19H,2-3,9-10,14H2,1H3. The van der Waals surface area contributed by atoms with Crippen molar-refractivity contribution in [2.24, 2.45) is 0 Å².